The first-order valence-corrected chi connectivity index (χ1v) is 11.3. The minimum Gasteiger partial charge on any atom is -0.497 e. The summed E-state index contributed by atoms with van der Waals surface area (Å²) in [4.78, 5) is 13.0. The normalized spacial score (nSPS) is 12.1. The van der Waals surface area contributed by atoms with Crippen LogP contribution < -0.4 is 14.4 Å². The van der Waals surface area contributed by atoms with E-state index in [9.17, 15) is 13.2 Å². The molecule has 0 unspecified atom stereocenters. The zero-order valence-electron chi connectivity index (χ0n) is 18.0. The van der Waals surface area contributed by atoms with Gasteiger partial charge in [0.15, 0.2) is 0 Å². The van der Waals surface area contributed by atoms with E-state index in [1.807, 2.05) is 44.2 Å². The number of amides is 1. The van der Waals surface area contributed by atoms with Crippen LogP contribution in [0.4, 0.5) is 5.69 Å². The first-order valence-electron chi connectivity index (χ1n) is 9.83. The highest BCUT2D eigenvalue weighted by atomic mass is 32.2. The van der Waals surface area contributed by atoms with Crippen molar-refractivity contribution in [1.82, 2.24) is 5.32 Å². The van der Waals surface area contributed by atoms with Crippen LogP contribution in [0.2, 0.25) is 0 Å². The molecule has 1 N–H and O–H groups in total. The average molecular weight is 439 g/mol. The molecule has 3 aromatic rings. The van der Waals surface area contributed by atoms with Gasteiger partial charge in [0.25, 0.3) is 15.9 Å². The highest BCUT2D eigenvalue weighted by Crippen LogP contribution is 2.27. The van der Waals surface area contributed by atoms with E-state index in [0.29, 0.717) is 17.0 Å². The Hall–Kier alpha value is -3.32. The SMILES string of the molecule is COc1ccc(S(=O)(=O)N(C)c2cc(C(=O)N[C@@H](C)c3ccccc3)ccc2C)cc1. The highest BCUT2D eigenvalue weighted by molar-refractivity contribution is 7.92. The molecule has 0 saturated heterocycles. The number of sulfonamides is 1. The van der Waals surface area contributed by atoms with E-state index >= 15 is 0 Å². The number of nitrogens with one attached hydrogen (secondary N) is 1. The van der Waals surface area contributed by atoms with Gasteiger partial charge in [-0.2, -0.15) is 0 Å². The van der Waals surface area contributed by atoms with Crippen molar-refractivity contribution in [3.05, 3.63) is 89.5 Å². The second-order valence-electron chi connectivity index (χ2n) is 7.26. The molecule has 3 rings (SSSR count). The summed E-state index contributed by atoms with van der Waals surface area (Å²) in [7, 11) is -0.798. The Kier molecular flexibility index (Phi) is 6.65. The summed E-state index contributed by atoms with van der Waals surface area (Å²) in [6.45, 7) is 3.71. The van der Waals surface area contributed by atoms with E-state index in [-0.39, 0.29) is 16.8 Å². The first-order chi connectivity index (χ1) is 14.7. The van der Waals surface area contributed by atoms with Gasteiger partial charge in [0.2, 0.25) is 0 Å². The summed E-state index contributed by atoms with van der Waals surface area (Å²) in [5.74, 6) is 0.303. The van der Waals surface area contributed by atoms with Crippen LogP contribution in [0.25, 0.3) is 0 Å². The molecule has 162 valence electrons. The third kappa shape index (κ3) is 4.88. The molecular weight excluding hydrogens is 412 g/mol. The lowest BCUT2D eigenvalue weighted by Crippen LogP contribution is -2.29. The molecule has 0 aromatic heterocycles. The molecule has 31 heavy (non-hydrogen) atoms. The number of ether oxygens (including phenoxy) is 1. The zero-order chi connectivity index (χ0) is 22.6. The Bertz CT molecular complexity index is 1160. The van der Waals surface area contributed by atoms with Crippen molar-refractivity contribution in [3.8, 4) is 5.75 Å². The van der Waals surface area contributed by atoms with Gasteiger partial charge < -0.3 is 10.1 Å². The van der Waals surface area contributed by atoms with E-state index in [1.165, 1.54) is 30.6 Å². The van der Waals surface area contributed by atoms with Gasteiger partial charge in [-0.25, -0.2) is 8.42 Å². The molecule has 1 atom stereocenters. The molecular formula is C24H26N2O4S. The number of aryl methyl sites for hydroxylation is 1. The topological polar surface area (TPSA) is 75.7 Å². The molecule has 0 saturated carbocycles. The molecule has 0 aliphatic carbocycles. The van der Waals surface area contributed by atoms with Gasteiger partial charge in [0.1, 0.15) is 5.75 Å². The van der Waals surface area contributed by atoms with Gasteiger partial charge in [0.05, 0.1) is 23.7 Å². The van der Waals surface area contributed by atoms with Gasteiger partial charge in [-0.3, -0.25) is 9.10 Å². The summed E-state index contributed by atoms with van der Waals surface area (Å²) in [6, 6.07) is 20.7. The molecule has 3 aromatic carbocycles. The summed E-state index contributed by atoms with van der Waals surface area (Å²) in [5, 5.41) is 2.96. The number of hydrogen-bond acceptors (Lipinski definition) is 4. The summed E-state index contributed by atoms with van der Waals surface area (Å²) in [5.41, 5.74) is 2.56. The van der Waals surface area contributed by atoms with Crippen LogP contribution in [0, 0.1) is 6.92 Å². The predicted octanol–water partition coefficient (Wildman–Crippen LogP) is 4.32. The number of rotatable bonds is 7. The average Bonchev–Trinajstić information content (AvgIpc) is 2.79. The monoisotopic (exact) mass is 438 g/mol. The molecule has 0 radical (unpaired) electrons. The van der Waals surface area contributed by atoms with Gasteiger partial charge >= 0.3 is 0 Å². The van der Waals surface area contributed by atoms with Crippen LogP contribution in [0.1, 0.15) is 34.5 Å². The van der Waals surface area contributed by atoms with Crippen molar-refractivity contribution >= 4 is 21.6 Å². The molecule has 0 heterocycles. The minimum atomic E-state index is -3.80. The molecule has 7 heteroatoms. The molecule has 6 nitrogen and oxygen atoms in total. The molecule has 0 bridgehead atoms. The van der Waals surface area contributed by atoms with E-state index in [4.69, 9.17) is 4.74 Å². The quantitative estimate of drug-likeness (QED) is 0.596. The largest absolute Gasteiger partial charge is 0.497 e. The maximum atomic E-state index is 13.1. The number of hydrogen-bond donors (Lipinski definition) is 1. The third-order valence-corrected chi connectivity index (χ3v) is 6.96. The standard InChI is InChI=1S/C24H26N2O4S/c1-17-10-11-20(24(27)25-18(2)19-8-6-5-7-9-19)16-23(17)26(3)31(28,29)22-14-12-21(30-4)13-15-22/h5-16,18H,1-4H3,(H,25,27)/t18-/m0/s1. The molecule has 0 spiro atoms. The van der Waals surface area contributed by atoms with Gasteiger partial charge in [-0.1, -0.05) is 36.4 Å². The third-order valence-electron chi connectivity index (χ3n) is 5.18. The minimum absolute atomic E-state index is 0.141. The van der Waals surface area contributed by atoms with Gasteiger partial charge in [-0.05, 0) is 61.4 Å². The fourth-order valence-corrected chi connectivity index (χ4v) is 4.48. The first kappa shape index (κ1) is 22.4. The van der Waals surface area contributed by atoms with Crippen LogP contribution in [0.5, 0.6) is 5.75 Å². The summed E-state index contributed by atoms with van der Waals surface area (Å²) >= 11 is 0. The number of anilines is 1. The molecule has 0 aliphatic rings. The lowest BCUT2D eigenvalue weighted by atomic mass is 10.1. The van der Waals surface area contributed by atoms with Crippen LogP contribution in [-0.4, -0.2) is 28.5 Å². The van der Waals surface area contributed by atoms with Crippen molar-refractivity contribution < 1.29 is 17.9 Å². The molecule has 1 amide bonds. The zero-order valence-corrected chi connectivity index (χ0v) is 18.8. The fourth-order valence-electron chi connectivity index (χ4n) is 3.23. The van der Waals surface area contributed by atoms with E-state index in [2.05, 4.69) is 5.32 Å². The summed E-state index contributed by atoms with van der Waals surface area (Å²) < 4.78 is 32.5. The number of carbonyl (C=O) groups excluding carboxylic acids is 1. The highest BCUT2D eigenvalue weighted by Gasteiger charge is 2.24. The molecule has 0 aliphatic heterocycles. The van der Waals surface area contributed by atoms with Crippen LogP contribution in [0.15, 0.2) is 77.7 Å². The van der Waals surface area contributed by atoms with Crippen molar-refractivity contribution in [3.63, 3.8) is 0 Å². The number of methoxy groups -OCH3 is 1. The molecule has 0 fully saturated rings. The Morgan fingerprint density at radius 2 is 1.65 bits per heavy atom. The number of carbonyl (C=O) groups is 1. The maximum absolute atomic E-state index is 13.1. The van der Waals surface area contributed by atoms with Crippen LogP contribution in [-0.2, 0) is 10.0 Å². The Labute approximate surface area is 183 Å². The Morgan fingerprint density at radius 1 is 1.00 bits per heavy atom. The Morgan fingerprint density at radius 3 is 2.26 bits per heavy atom. The smallest absolute Gasteiger partial charge is 0.264 e. The van der Waals surface area contributed by atoms with Gasteiger partial charge in [0, 0.05) is 12.6 Å². The van der Waals surface area contributed by atoms with Crippen molar-refractivity contribution in [2.24, 2.45) is 0 Å². The maximum Gasteiger partial charge on any atom is 0.264 e. The van der Waals surface area contributed by atoms with Crippen LogP contribution >= 0.6 is 0 Å². The van der Waals surface area contributed by atoms with Crippen molar-refractivity contribution in [2.75, 3.05) is 18.5 Å². The second-order valence-corrected chi connectivity index (χ2v) is 9.22. The van der Waals surface area contributed by atoms with Crippen LogP contribution in [0.3, 0.4) is 0 Å². The van der Waals surface area contributed by atoms with Crippen molar-refractivity contribution in [2.45, 2.75) is 24.8 Å². The van der Waals surface area contributed by atoms with E-state index in [1.54, 1.807) is 30.3 Å². The second kappa shape index (κ2) is 9.22. The van der Waals surface area contributed by atoms with Crippen molar-refractivity contribution in [1.29, 1.82) is 0 Å². The van der Waals surface area contributed by atoms with E-state index < -0.39 is 10.0 Å². The Balaban J connectivity index is 1.86. The van der Waals surface area contributed by atoms with Gasteiger partial charge in [-0.15, -0.1) is 0 Å². The van der Waals surface area contributed by atoms with E-state index in [0.717, 1.165) is 11.1 Å². The predicted molar refractivity (Wildman–Crippen MR) is 122 cm³/mol. The summed E-state index contributed by atoms with van der Waals surface area (Å²) in [6.07, 6.45) is 0. The fraction of sp³-hybridized carbons (Fsp3) is 0.208. The lowest BCUT2D eigenvalue weighted by molar-refractivity contribution is 0.0940. The number of benzene rings is 3. The lowest BCUT2D eigenvalue weighted by Gasteiger charge is -2.22. The number of nitrogens with zero attached hydrogens (tertiary/aromatic N) is 1.